The van der Waals surface area contributed by atoms with Crippen LogP contribution in [0.25, 0.3) is 0 Å². The number of aliphatic hydroxyl groups is 6. The van der Waals surface area contributed by atoms with Crippen molar-refractivity contribution < 1.29 is 49.6 Å². The molecule has 14 N–H and O–H groups in total. The summed E-state index contributed by atoms with van der Waals surface area (Å²) >= 11 is 0. The van der Waals surface area contributed by atoms with Gasteiger partial charge in [0.2, 0.25) is 0 Å². The summed E-state index contributed by atoms with van der Waals surface area (Å²) in [5, 5.41) is 60.8. The van der Waals surface area contributed by atoms with Gasteiger partial charge in [-0.1, -0.05) is 0 Å². The molecule has 0 radical (unpaired) electrons. The molecule has 2 heterocycles. The summed E-state index contributed by atoms with van der Waals surface area (Å²) in [6.45, 7) is 0.989. The van der Waals surface area contributed by atoms with Gasteiger partial charge in [0.15, 0.2) is 12.6 Å². The molecule has 14 nitrogen and oxygen atoms in total. The molecule has 2 saturated heterocycles. The van der Waals surface area contributed by atoms with Crippen LogP contribution in [0.1, 0.15) is 13.3 Å². The van der Waals surface area contributed by atoms with Crippen molar-refractivity contribution in [2.24, 2.45) is 22.9 Å². The minimum atomic E-state index is -1.46. The topological polar surface area (TPSA) is 262 Å². The molecule has 3 rings (SSSR count). The van der Waals surface area contributed by atoms with Crippen LogP contribution in [0, 0.1) is 0 Å². The minimum absolute atomic E-state index is 0.140. The highest BCUT2D eigenvalue weighted by Gasteiger charge is 2.52. The van der Waals surface area contributed by atoms with E-state index in [4.69, 9.17) is 41.9 Å². The first kappa shape index (κ1) is 26.1. The predicted molar refractivity (Wildman–Crippen MR) is 106 cm³/mol. The van der Waals surface area contributed by atoms with E-state index in [0.29, 0.717) is 0 Å². The molecule has 0 bridgehead atoms. The van der Waals surface area contributed by atoms with Crippen LogP contribution < -0.4 is 22.9 Å². The molecule has 0 aromatic heterocycles. The van der Waals surface area contributed by atoms with Crippen molar-refractivity contribution in [1.82, 2.24) is 0 Å². The predicted octanol–water partition coefficient (Wildman–Crippen LogP) is -6.26. The molecule has 15 atom stereocenters. The van der Waals surface area contributed by atoms with E-state index in [0.717, 1.165) is 0 Å². The number of nitrogens with two attached hydrogens (primary N) is 4. The molecular formula is C18H36N4O10. The van der Waals surface area contributed by atoms with Crippen LogP contribution in [0.3, 0.4) is 0 Å². The zero-order chi connectivity index (χ0) is 23.9. The van der Waals surface area contributed by atoms with Crippen LogP contribution in [-0.2, 0) is 18.9 Å². The van der Waals surface area contributed by atoms with Crippen LogP contribution >= 0.6 is 0 Å². The zero-order valence-corrected chi connectivity index (χ0v) is 17.7. The highest BCUT2D eigenvalue weighted by atomic mass is 16.7. The molecule has 5 unspecified atom stereocenters. The Hall–Kier alpha value is -0.560. The molecule has 0 amide bonds. The van der Waals surface area contributed by atoms with Crippen molar-refractivity contribution in [3.8, 4) is 0 Å². The van der Waals surface area contributed by atoms with Crippen molar-refractivity contribution in [3.63, 3.8) is 0 Å². The molecule has 32 heavy (non-hydrogen) atoms. The summed E-state index contributed by atoms with van der Waals surface area (Å²) in [5.41, 5.74) is 23.9. The summed E-state index contributed by atoms with van der Waals surface area (Å²) < 4.78 is 22.7. The standard InChI is InChI=1S/C18H36N4O10/c1-4(19)14-12(27)13(28)18(30-14)32-16-9(24)5(20)2-6(21)15(16)31-17-8(22)11(26)10(25)7(3-23)29-17/h4-18,23-28H,2-3,19-22H2,1H3/t4-,5-,6?,7?,8?,9?,10-,11-,12-,13?,14-,15-,16-,17-,18+/m1/s1. The van der Waals surface area contributed by atoms with Gasteiger partial charge in [0.25, 0.3) is 0 Å². The number of ether oxygens (including phenoxy) is 4. The third kappa shape index (κ3) is 4.94. The van der Waals surface area contributed by atoms with E-state index in [2.05, 4.69) is 0 Å². The van der Waals surface area contributed by atoms with E-state index in [9.17, 15) is 30.6 Å². The van der Waals surface area contributed by atoms with Crippen LogP contribution in [0.15, 0.2) is 0 Å². The van der Waals surface area contributed by atoms with E-state index in [1.54, 1.807) is 6.92 Å². The maximum absolute atomic E-state index is 10.7. The van der Waals surface area contributed by atoms with Gasteiger partial charge >= 0.3 is 0 Å². The summed E-state index contributed by atoms with van der Waals surface area (Å²) in [6, 6.07) is -3.39. The van der Waals surface area contributed by atoms with Crippen molar-refractivity contribution >= 4 is 0 Å². The molecule has 1 aliphatic carbocycles. The highest BCUT2D eigenvalue weighted by Crippen LogP contribution is 2.32. The lowest BCUT2D eigenvalue weighted by molar-refractivity contribution is -0.310. The normalized spacial score (nSPS) is 53.3. The first-order chi connectivity index (χ1) is 15.0. The van der Waals surface area contributed by atoms with E-state index in [-0.39, 0.29) is 6.42 Å². The maximum atomic E-state index is 10.7. The van der Waals surface area contributed by atoms with Crippen molar-refractivity contribution in [2.45, 2.75) is 105 Å². The molecule has 0 aromatic rings. The average molecular weight is 469 g/mol. The Morgan fingerprint density at radius 3 is 2.00 bits per heavy atom. The van der Waals surface area contributed by atoms with Gasteiger partial charge in [-0.3, -0.25) is 0 Å². The molecule has 2 aliphatic heterocycles. The van der Waals surface area contributed by atoms with Gasteiger partial charge in [0.05, 0.1) is 18.8 Å². The molecular weight excluding hydrogens is 432 g/mol. The van der Waals surface area contributed by atoms with Crippen molar-refractivity contribution in [3.05, 3.63) is 0 Å². The lowest BCUT2D eigenvalue weighted by Crippen LogP contribution is -2.68. The molecule has 0 aromatic carbocycles. The Kier molecular flexibility index (Phi) is 8.44. The van der Waals surface area contributed by atoms with E-state index < -0.39 is 98.3 Å². The fourth-order valence-electron chi connectivity index (χ4n) is 4.36. The summed E-state index contributed by atoms with van der Waals surface area (Å²) in [7, 11) is 0. The summed E-state index contributed by atoms with van der Waals surface area (Å²) in [5.74, 6) is 0. The second-order valence-corrected chi connectivity index (χ2v) is 8.85. The summed E-state index contributed by atoms with van der Waals surface area (Å²) in [6.07, 6.45) is -13.9. The first-order valence-corrected chi connectivity index (χ1v) is 10.6. The first-order valence-electron chi connectivity index (χ1n) is 10.6. The van der Waals surface area contributed by atoms with Crippen LogP contribution in [0.5, 0.6) is 0 Å². The zero-order valence-electron chi connectivity index (χ0n) is 17.7. The highest BCUT2D eigenvalue weighted by molar-refractivity contribution is 5.01. The molecule has 0 spiro atoms. The van der Waals surface area contributed by atoms with E-state index in [1.165, 1.54) is 0 Å². The van der Waals surface area contributed by atoms with Crippen molar-refractivity contribution in [2.75, 3.05) is 6.61 Å². The monoisotopic (exact) mass is 468 g/mol. The van der Waals surface area contributed by atoms with Gasteiger partial charge < -0.3 is 72.5 Å². The Bertz CT molecular complexity index is 618. The Morgan fingerprint density at radius 1 is 0.812 bits per heavy atom. The van der Waals surface area contributed by atoms with Crippen LogP contribution in [0.2, 0.25) is 0 Å². The number of hydrogen-bond donors (Lipinski definition) is 10. The van der Waals surface area contributed by atoms with Crippen molar-refractivity contribution in [1.29, 1.82) is 0 Å². The molecule has 188 valence electrons. The number of rotatable bonds is 6. The smallest absolute Gasteiger partial charge is 0.187 e. The van der Waals surface area contributed by atoms with Crippen LogP contribution in [0.4, 0.5) is 0 Å². The summed E-state index contributed by atoms with van der Waals surface area (Å²) in [4.78, 5) is 0. The minimum Gasteiger partial charge on any atom is -0.394 e. The Morgan fingerprint density at radius 2 is 1.44 bits per heavy atom. The van der Waals surface area contributed by atoms with Gasteiger partial charge in [-0.05, 0) is 13.3 Å². The second kappa shape index (κ2) is 10.4. The fraction of sp³-hybridized carbons (Fsp3) is 1.00. The van der Waals surface area contributed by atoms with E-state index >= 15 is 0 Å². The van der Waals surface area contributed by atoms with E-state index in [1.807, 2.05) is 0 Å². The SMILES string of the molecule is C[C@@H](N)[C@H]1O[C@@H](O[C@@H]2C(O)[C@H](N)CC(N)[C@H]2O[C@H]2OC(CO)[C@@H](O)[C@H](O)C2N)C(O)[C@H]1O. The van der Waals surface area contributed by atoms with Gasteiger partial charge in [-0.25, -0.2) is 0 Å². The molecule has 3 aliphatic rings. The molecule has 1 saturated carbocycles. The molecule has 14 heteroatoms. The van der Waals surface area contributed by atoms with Crippen LogP contribution in [-0.4, -0.2) is 129 Å². The third-order valence-electron chi connectivity index (χ3n) is 6.35. The quantitative estimate of drug-likeness (QED) is 0.174. The lowest BCUT2D eigenvalue weighted by Gasteiger charge is -2.47. The third-order valence-corrected chi connectivity index (χ3v) is 6.35. The number of aliphatic hydroxyl groups excluding tert-OH is 6. The second-order valence-electron chi connectivity index (χ2n) is 8.85. The lowest BCUT2D eigenvalue weighted by atomic mass is 9.84. The largest absolute Gasteiger partial charge is 0.394 e. The maximum Gasteiger partial charge on any atom is 0.187 e. The number of hydrogen-bond acceptors (Lipinski definition) is 14. The fourth-order valence-corrected chi connectivity index (χ4v) is 4.36. The Balaban J connectivity index is 1.78. The molecule has 3 fully saturated rings. The van der Waals surface area contributed by atoms with Gasteiger partial charge in [-0.2, -0.15) is 0 Å². The van der Waals surface area contributed by atoms with Gasteiger partial charge in [0, 0.05) is 18.1 Å². The average Bonchev–Trinajstić information content (AvgIpc) is 3.03. The Labute approximate surface area is 185 Å². The van der Waals surface area contributed by atoms with Gasteiger partial charge in [0.1, 0.15) is 48.8 Å². The van der Waals surface area contributed by atoms with Gasteiger partial charge in [-0.15, -0.1) is 0 Å².